The second-order valence-corrected chi connectivity index (χ2v) is 7.46. The van der Waals surface area contributed by atoms with Crippen LogP contribution in [-0.2, 0) is 9.59 Å². The number of aliphatic carboxylic acids is 1. The molecule has 0 fully saturated rings. The van der Waals surface area contributed by atoms with E-state index >= 15 is 0 Å². The fourth-order valence-corrected chi connectivity index (χ4v) is 2.99. The fraction of sp³-hybridized carbons (Fsp3) is 0.818. The molecule has 160 valence electrons. The van der Waals surface area contributed by atoms with Crippen LogP contribution in [0.25, 0.3) is 0 Å². The van der Waals surface area contributed by atoms with Crippen LogP contribution in [0.3, 0.4) is 0 Å². The second kappa shape index (κ2) is 21.4. The van der Waals surface area contributed by atoms with Crippen molar-refractivity contribution in [2.75, 3.05) is 0 Å². The number of allylic oxidation sites excluding steroid dienone is 2. The molecule has 3 N–H and O–H groups in total. The predicted molar refractivity (Wildman–Crippen MR) is 118 cm³/mol. The molecule has 6 heteroatoms. The van der Waals surface area contributed by atoms with Gasteiger partial charge in [-0.3, -0.25) is 4.79 Å². The molecule has 0 aliphatic carbocycles. The molecule has 2 atom stereocenters. The summed E-state index contributed by atoms with van der Waals surface area (Å²) < 4.78 is 0. The van der Waals surface area contributed by atoms with Gasteiger partial charge in [0.25, 0.3) is 0 Å². The third-order valence-electron chi connectivity index (χ3n) is 4.73. The van der Waals surface area contributed by atoms with E-state index in [0.717, 1.165) is 32.1 Å². The summed E-state index contributed by atoms with van der Waals surface area (Å²) in [5.41, 5.74) is 0. The minimum atomic E-state index is -1.22. The Balaban J connectivity index is 0. The Bertz CT molecular complexity index is 413. The standard InChI is InChI=1S/C22H41NO4.Na.H/c1-3-4-5-6-7-8-9-10-11-12-13-14-15-16-17-18-20(25)23-21(19(2)24)22(26)27;;/h10-11,19,21,24H,3-9,12-18H2,1-2H3,(H,23,25)(H,26,27);;/b11-10-;;/t19-,21+;;/m1../s1. The first-order valence-electron chi connectivity index (χ1n) is 10.8. The van der Waals surface area contributed by atoms with Crippen LogP contribution >= 0.6 is 0 Å². The zero-order chi connectivity index (χ0) is 20.3. The number of amides is 1. The van der Waals surface area contributed by atoms with Crippen molar-refractivity contribution < 1.29 is 19.8 Å². The zero-order valence-corrected chi connectivity index (χ0v) is 17.4. The average molecular weight is 408 g/mol. The molecule has 0 bridgehead atoms. The number of carboxylic acid groups (broad SMARTS) is 1. The second-order valence-electron chi connectivity index (χ2n) is 7.46. The van der Waals surface area contributed by atoms with Crippen molar-refractivity contribution in [1.82, 2.24) is 5.32 Å². The van der Waals surface area contributed by atoms with Gasteiger partial charge in [-0.2, -0.15) is 0 Å². The molecule has 0 spiro atoms. The van der Waals surface area contributed by atoms with Gasteiger partial charge in [-0.1, -0.05) is 70.4 Å². The molecule has 0 rings (SSSR count). The van der Waals surface area contributed by atoms with E-state index in [0.29, 0.717) is 6.42 Å². The first kappa shape index (κ1) is 29.8. The number of carbonyl (C=O) groups is 2. The molecule has 0 radical (unpaired) electrons. The molecule has 0 saturated carbocycles. The van der Waals surface area contributed by atoms with Crippen molar-refractivity contribution in [3.05, 3.63) is 12.2 Å². The maximum atomic E-state index is 11.7. The van der Waals surface area contributed by atoms with Gasteiger partial charge in [0.15, 0.2) is 6.04 Å². The molecule has 0 unspecified atom stereocenters. The Morgan fingerprint density at radius 1 is 0.857 bits per heavy atom. The summed E-state index contributed by atoms with van der Waals surface area (Å²) in [5.74, 6) is -1.51. The SMILES string of the molecule is CCCCCCCC/C=C\CCCCCCCC(=O)N[C@H](C(=O)O)[C@@H](C)O.[NaH]. The third kappa shape index (κ3) is 19.0. The van der Waals surface area contributed by atoms with Crippen LogP contribution < -0.4 is 5.32 Å². The van der Waals surface area contributed by atoms with Crippen LogP contribution in [0.5, 0.6) is 0 Å². The van der Waals surface area contributed by atoms with Gasteiger partial charge in [0.2, 0.25) is 5.91 Å². The molecule has 0 aliphatic heterocycles. The summed E-state index contributed by atoms with van der Waals surface area (Å²) >= 11 is 0. The molecule has 0 aromatic heterocycles. The first-order valence-corrected chi connectivity index (χ1v) is 10.8. The molecule has 0 heterocycles. The van der Waals surface area contributed by atoms with Gasteiger partial charge in [-0.25, -0.2) is 4.79 Å². The molecule has 1 amide bonds. The van der Waals surface area contributed by atoms with Gasteiger partial charge in [-0.15, -0.1) is 0 Å². The molecule has 0 aromatic carbocycles. The topological polar surface area (TPSA) is 86.6 Å². The van der Waals surface area contributed by atoms with E-state index in [1.165, 1.54) is 58.3 Å². The summed E-state index contributed by atoms with van der Waals surface area (Å²) in [6.07, 6.45) is 19.4. The van der Waals surface area contributed by atoms with E-state index in [9.17, 15) is 14.7 Å². The minimum absolute atomic E-state index is 0. The van der Waals surface area contributed by atoms with Crippen molar-refractivity contribution in [2.45, 2.75) is 116 Å². The Morgan fingerprint density at radius 2 is 1.32 bits per heavy atom. The number of carbonyl (C=O) groups excluding carboxylic acids is 1. The molecule has 28 heavy (non-hydrogen) atoms. The normalized spacial score (nSPS) is 13.1. The first-order chi connectivity index (χ1) is 13.0. The van der Waals surface area contributed by atoms with Gasteiger partial charge in [0.05, 0.1) is 6.10 Å². The quantitative estimate of drug-likeness (QED) is 0.179. The molecule has 0 saturated heterocycles. The van der Waals surface area contributed by atoms with Crippen LogP contribution in [0.2, 0.25) is 0 Å². The van der Waals surface area contributed by atoms with E-state index in [4.69, 9.17) is 5.11 Å². The predicted octanol–water partition coefficient (Wildman–Crippen LogP) is 4.33. The summed E-state index contributed by atoms with van der Waals surface area (Å²) in [7, 11) is 0. The van der Waals surface area contributed by atoms with Gasteiger partial charge < -0.3 is 15.5 Å². The molecule has 0 aliphatic rings. The monoisotopic (exact) mass is 407 g/mol. The van der Waals surface area contributed by atoms with E-state index in [1.807, 2.05) is 0 Å². The average Bonchev–Trinajstić information content (AvgIpc) is 2.62. The fourth-order valence-electron chi connectivity index (χ4n) is 2.99. The number of rotatable bonds is 18. The number of nitrogens with one attached hydrogen (secondary N) is 1. The van der Waals surface area contributed by atoms with Gasteiger partial charge in [-0.05, 0) is 39.0 Å². The Labute approximate surface area is 194 Å². The summed E-state index contributed by atoms with van der Waals surface area (Å²) in [6.45, 7) is 3.61. The van der Waals surface area contributed by atoms with Crippen LogP contribution in [-0.4, -0.2) is 63.8 Å². The van der Waals surface area contributed by atoms with E-state index in [1.54, 1.807) is 0 Å². The van der Waals surface area contributed by atoms with Crippen LogP contribution in [0, 0.1) is 0 Å². The number of aliphatic hydroxyl groups excluding tert-OH is 1. The van der Waals surface area contributed by atoms with Crippen LogP contribution in [0.4, 0.5) is 0 Å². The van der Waals surface area contributed by atoms with Crippen molar-refractivity contribution in [3.63, 3.8) is 0 Å². The van der Waals surface area contributed by atoms with Crippen molar-refractivity contribution in [1.29, 1.82) is 0 Å². The number of carboxylic acids is 1. The number of hydrogen-bond donors (Lipinski definition) is 3. The van der Waals surface area contributed by atoms with Gasteiger partial charge in [0, 0.05) is 6.42 Å². The van der Waals surface area contributed by atoms with Crippen LogP contribution in [0.15, 0.2) is 12.2 Å². The maximum absolute atomic E-state index is 11.7. The van der Waals surface area contributed by atoms with Crippen LogP contribution in [0.1, 0.15) is 104 Å². The number of hydrogen-bond acceptors (Lipinski definition) is 3. The van der Waals surface area contributed by atoms with Crippen molar-refractivity contribution in [3.8, 4) is 0 Å². The summed E-state index contributed by atoms with van der Waals surface area (Å²) in [5, 5.41) is 20.6. The molecule has 5 nitrogen and oxygen atoms in total. The number of unbranched alkanes of at least 4 members (excludes halogenated alkanes) is 11. The Morgan fingerprint density at radius 3 is 1.79 bits per heavy atom. The zero-order valence-electron chi connectivity index (χ0n) is 17.4. The summed E-state index contributed by atoms with van der Waals surface area (Å²) in [4.78, 5) is 22.6. The Kier molecular flexibility index (Phi) is 22.8. The summed E-state index contributed by atoms with van der Waals surface area (Å²) in [6, 6.07) is -1.22. The Hall–Kier alpha value is -0.360. The molecular weight excluding hydrogens is 365 g/mol. The van der Waals surface area contributed by atoms with Crippen molar-refractivity contribution >= 4 is 41.4 Å². The molecule has 0 aromatic rings. The van der Waals surface area contributed by atoms with E-state index in [-0.39, 0.29) is 35.5 Å². The number of aliphatic hydroxyl groups is 1. The van der Waals surface area contributed by atoms with E-state index < -0.39 is 18.1 Å². The van der Waals surface area contributed by atoms with Crippen molar-refractivity contribution in [2.24, 2.45) is 0 Å². The van der Waals surface area contributed by atoms with E-state index in [2.05, 4.69) is 24.4 Å². The van der Waals surface area contributed by atoms with Gasteiger partial charge in [0.1, 0.15) is 0 Å². The molecular formula is C22H42NNaO4. The third-order valence-corrected chi connectivity index (χ3v) is 4.73. The van der Waals surface area contributed by atoms with Gasteiger partial charge >= 0.3 is 35.5 Å².